The lowest BCUT2D eigenvalue weighted by Crippen LogP contribution is -2.28. The third kappa shape index (κ3) is 3.32. The van der Waals surface area contributed by atoms with Crippen LogP contribution in [0.4, 0.5) is 0 Å². The van der Waals surface area contributed by atoms with Crippen LogP contribution in [-0.2, 0) is 15.0 Å². The van der Waals surface area contributed by atoms with Gasteiger partial charge >= 0.3 is 0 Å². The highest BCUT2D eigenvalue weighted by Gasteiger charge is 2.18. The van der Waals surface area contributed by atoms with Crippen LogP contribution in [0.2, 0.25) is 0 Å². The van der Waals surface area contributed by atoms with E-state index in [9.17, 15) is 0 Å². The molecule has 1 saturated heterocycles. The molecule has 3 heterocycles. The molecule has 2 aliphatic heterocycles. The van der Waals surface area contributed by atoms with Crippen molar-refractivity contribution < 1.29 is 8.57 Å². The van der Waals surface area contributed by atoms with Gasteiger partial charge in [-0.2, -0.15) is 8.57 Å². The van der Waals surface area contributed by atoms with Gasteiger partial charge in [0, 0.05) is 35.8 Å². The monoisotopic (exact) mass is 331 g/mol. The summed E-state index contributed by atoms with van der Waals surface area (Å²) in [6, 6.07) is 6.72. The number of hydroxylamine groups is 2. The number of likely N-dealkylation sites (N-methyl/N-ethyl adjacent to an activating group) is 1. The van der Waals surface area contributed by atoms with Crippen molar-refractivity contribution in [1.29, 1.82) is 0 Å². The van der Waals surface area contributed by atoms with Gasteiger partial charge in [0.1, 0.15) is 0 Å². The molecular formula is C17H21N3O2S. The first-order valence-corrected chi connectivity index (χ1v) is 8.73. The number of benzene rings is 1. The number of aromatic amines is 1. The Kier molecular flexibility index (Phi) is 4.41. The molecule has 1 aromatic carbocycles. The second kappa shape index (κ2) is 6.67. The van der Waals surface area contributed by atoms with E-state index in [-0.39, 0.29) is 0 Å². The van der Waals surface area contributed by atoms with Gasteiger partial charge < -0.3 is 9.88 Å². The van der Waals surface area contributed by atoms with Crippen molar-refractivity contribution in [3.63, 3.8) is 0 Å². The first kappa shape index (κ1) is 15.2. The Hall–Kier alpha value is -1.31. The van der Waals surface area contributed by atoms with Gasteiger partial charge in [-0.3, -0.25) is 0 Å². The fraction of sp³-hybridized carbons (Fsp3) is 0.412. The van der Waals surface area contributed by atoms with Crippen LogP contribution >= 0.6 is 12.3 Å². The number of hydrogen-bond donors (Lipinski definition) is 1. The molecule has 2 aliphatic rings. The summed E-state index contributed by atoms with van der Waals surface area (Å²) in [6.45, 7) is 2.96. The predicted octanol–water partition coefficient (Wildman–Crippen LogP) is 3.56. The quantitative estimate of drug-likeness (QED) is 0.849. The highest BCUT2D eigenvalue weighted by molar-refractivity contribution is 7.90. The Morgan fingerprint density at radius 1 is 1.30 bits per heavy atom. The van der Waals surface area contributed by atoms with Gasteiger partial charge in [-0.15, -0.1) is 0 Å². The number of nitrogens with one attached hydrogen (secondary N) is 1. The summed E-state index contributed by atoms with van der Waals surface area (Å²) in [7, 11) is 2.17. The number of hydrogen-bond acceptors (Lipinski definition) is 5. The average Bonchev–Trinajstić information content (AvgIpc) is 2.94. The maximum Gasteiger partial charge on any atom is 0.203 e. The van der Waals surface area contributed by atoms with Crippen LogP contribution < -0.4 is 0 Å². The molecule has 6 heteroatoms. The molecule has 23 heavy (non-hydrogen) atoms. The summed E-state index contributed by atoms with van der Waals surface area (Å²) in [4.78, 5) is 5.76. The Morgan fingerprint density at radius 3 is 2.96 bits per heavy atom. The minimum atomic E-state index is 0.794. The number of rotatable bonds is 5. The van der Waals surface area contributed by atoms with E-state index in [1.54, 1.807) is 0 Å². The lowest BCUT2D eigenvalue weighted by Gasteiger charge is -2.24. The number of aryl methyl sites for hydroxylation is 1. The molecule has 5 nitrogen and oxygen atoms in total. The number of fused-ring (bicyclic) bond motifs is 1. The zero-order chi connectivity index (χ0) is 15.6. The Labute approximate surface area is 140 Å². The average molecular weight is 331 g/mol. The zero-order valence-electron chi connectivity index (χ0n) is 13.2. The van der Waals surface area contributed by atoms with E-state index in [1.165, 1.54) is 32.8 Å². The first-order valence-electron chi connectivity index (χ1n) is 8.06. The van der Waals surface area contributed by atoms with Crippen LogP contribution in [0.5, 0.6) is 0 Å². The molecular weight excluding hydrogens is 310 g/mol. The molecule has 0 bridgehead atoms. The summed E-state index contributed by atoms with van der Waals surface area (Å²) in [5.41, 5.74) is 5.40. The van der Waals surface area contributed by atoms with Crippen LogP contribution in [0.1, 0.15) is 24.0 Å². The standard InChI is InChI=1S/C17H21N3O2S/c1-19-9-6-14(7-10-19)16-12-18-17-5-4-13(11-15(16)17)3-2-8-20-21-23-22-20/h4-6,11-12,18H,2-3,7-10H2,1H3. The Balaban J connectivity index is 1.51. The molecule has 0 unspecified atom stereocenters. The van der Waals surface area contributed by atoms with Crippen LogP contribution in [0.15, 0.2) is 30.5 Å². The van der Waals surface area contributed by atoms with Crippen molar-refractivity contribution in [3.8, 4) is 0 Å². The van der Waals surface area contributed by atoms with Gasteiger partial charge in [-0.1, -0.05) is 12.1 Å². The lowest BCUT2D eigenvalue weighted by atomic mass is 9.97. The third-order valence-electron chi connectivity index (χ3n) is 4.54. The third-order valence-corrected chi connectivity index (χ3v) is 4.99. The van der Waals surface area contributed by atoms with Crippen molar-refractivity contribution in [2.45, 2.75) is 19.3 Å². The molecule has 1 fully saturated rings. The van der Waals surface area contributed by atoms with Crippen LogP contribution in [0.3, 0.4) is 0 Å². The molecule has 0 atom stereocenters. The summed E-state index contributed by atoms with van der Waals surface area (Å²) in [6.07, 6.45) is 7.67. The second-order valence-electron chi connectivity index (χ2n) is 6.20. The van der Waals surface area contributed by atoms with Gasteiger partial charge in [0.05, 0.1) is 6.54 Å². The molecule has 0 spiro atoms. The van der Waals surface area contributed by atoms with Gasteiger partial charge in [0.25, 0.3) is 0 Å². The number of nitrogens with zero attached hydrogens (tertiary/aromatic N) is 2. The SMILES string of the molecule is CN1CC=C(c2c[nH]c3ccc(CCCN4OSO4)cc23)CC1. The van der Waals surface area contributed by atoms with Crippen molar-refractivity contribution in [2.75, 3.05) is 26.7 Å². The minimum Gasteiger partial charge on any atom is -0.361 e. The molecule has 0 amide bonds. The van der Waals surface area contributed by atoms with E-state index >= 15 is 0 Å². The van der Waals surface area contributed by atoms with Crippen LogP contribution in [0, 0.1) is 0 Å². The number of aromatic nitrogens is 1. The summed E-state index contributed by atoms with van der Waals surface area (Å²) in [5.74, 6) is 0. The molecule has 122 valence electrons. The molecule has 1 N–H and O–H groups in total. The van der Waals surface area contributed by atoms with Gasteiger partial charge in [0.2, 0.25) is 12.3 Å². The predicted molar refractivity (Wildman–Crippen MR) is 93.2 cm³/mol. The van der Waals surface area contributed by atoms with E-state index in [0.29, 0.717) is 0 Å². The van der Waals surface area contributed by atoms with E-state index in [2.05, 4.69) is 47.4 Å². The highest BCUT2D eigenvalue weighted by Crippen LogP contribution is 2.30. The molecule has 4 rings (SSSR count). The van der Waals surface area contributed by atoms with Crippen molar-refractivity contribution in [2.24, 2.45) is 0 Å². The minimum absolute atomic E-state index is 0.794. The Bertz CT molecular complexity index is 724. The maximum absolute atomic E-state index is 5.04. The highest BCUT2D eigenvalue weighted by atomic mass is 32.2. The fourth-order valence-corrected chi connectivity index (χ4v) is 3.46. The van der Waals surface area contributed by atoms with Gasteiger partial charge in [-0.25, -0.2) is 0 Å². The molecule has 0 aliphatic carbocycles. The zero-order valence-corrected chi connectivity index (χ0v) is 14.1. The van der Waals surface area contributed by atoms with Gasteiger partial charge in [0.15, 0.2) is 0 Å². The van der Waals surface area contributed by atoms with Crippen LogP contribution in [-0.4, -0.2) is 41.8 Å². The topological polar surface area (TPSA) is 40.7 Å². The first-order chi connectivity index (χ1) is 11.3. The van der Waals surface area contributed by atoms with Crippen LogP contribution in [0.25, 0.3) is 16.5 Å². The summed E-state index contributed by atoms with van der Waals surface area (Å²) >= 11 is 1.02. The van der Waals surface area contributed by atoms with E-state index in [0.717, 1.165) is 51.2 Å². The normalized spacial score (nSPS) is 19.8. The van der Waals surface area contributed by atoms with Crippen molar-refractivity contribution in [3.05, 3.63) is 41.6 Å². The van der Waals surface area contributed by atoms with E-state index in [1.807, 2.05) is 0 Å². The molecule has 1 aromatic heterocycles. The van der Waals surface area contributed by atoms with E-state index in [4.69, 9.17) is 8.57 Å². The Morgan fingerprint density at radius 2 is 2.22 bits per heavy atom. The number of H-pyrrole nitrogens is 1. The van der Waals surface area contributed by atoms with Gasteiger partial charge in [-0.05, 0) is 54.8 Å². The molecule has 0 radical (unpaired) electrons. The van der Waals surface area contributed by atoms with E-state index < -0.39 is 0 Å². The molecule has 2 aromatic rings. The smallest absolute Gasteiger partial charge is 0.203 e. The molecule has 0 saturated carbocycles. The summed E-state index contributed by atoms with van der Waals surface area (Å²) in [5, 5.41) is 2.86. The maximum atomic E-state index is 5.04. The van der Waals surface area contributed by atoms with Crippen molar-refractivity contribution in [1.82, 2.24) is 15.1 Å². The lowest BCUT2D eigenvalue weighted by molar-refractivity contribution is -0.302. The fourth-order valence-electron chi connectivity index (χ4n) is 3.16. The van der Waals surface area contributed by atoms with Crippen molar-refractivity contribution >= 4 is 28.8 Å². The summed E-state index contributed by atoms with van der Waals surface area (Å²) < 4.78 is 10.1. The largest absolute Gasteiger partial charge is 0.361 e. The second-order valence-corrected chi connectivity index (χ2v) is 6.64.